The van der Waals surface area contributed by atoms with Crippen molar-refractivity contribution in [2.24, 2.45) is 5.41 Å². The Morgan fingerprint density at radius 3 is 0.919 bits per heavy atom. The standard InChI is InChI=1S/C7H10N2O2.C5H12O3.3C4H6O2/c1-3-6(10)8-5-9-7(11)4-2;1-5(2-6,3-7)4-8;3*1-3(2)4(5)6/h3-4H,1-2,5H2,(H,8,10)(H,9,11);6-8H,2-4H2,1H3;3*1H2,2H3,(H,5,6). The molecule has 0 aliphatic heterocycles. The SMILES string of the molecule is C=C(C)C(=O)O.C=C(C)C(=O)O.C=C(C)C(=O)O.C=CC(=O)NCNC(=O)C=C.CC(CO)(CO)CO. The summed E-state index contributed by atoms with van der Waals surface area (Å²) in [6.45, 7) is 21.4. The number of hydrogen-bond acceptors (Lipinski definition) is 8. The molecule has 2 amide bonds. The summed E-state index contributed by atoms with van der Waals surface area (Å²) in [4.78, 5) is 49.7. The van der Waals surface area contributed by atoms with E-state index in [9.17, 15) is 24.0 Å². The number of nitrogens with one attached hydrogen (secondary N) is 2. The van der Waals surface area contributed by atoms with Crippen LogP contribution in [-0.2, 0) is 24.0 Å². The number of aliphatic carboxylic acids is 3. The van der Waals surface area contributed by atoms with Crippen molar-refractivity contribution in [1.82, 2.24) is 10.6 Å². The number of aliphatic hydroxyl groups is 3. The van der Waals surface area contributed by atoms with Gasteiger partial charge in [-0.25, -0.2) is 14.4 Å². The lowest BCUT2D eigenvalue weighted by Crippen LogP contribution is -2.35. The molecule has 0 rings (SSSR count). The van der Waals surface area contributed by atoms with Crippen LogP contribution in [0.5, 0.6) is 0 Å². The second kappa shape index (κ2) is 26.5. The van der Waals surface area contributed by atoms with E-state index in [1.54, 1.807) is 6.92 Å². The van der Waals surface area contributed by atoms with Gasteiger partial charge in [0.05, 0.1) is 26.5 Å². The topological polar surface area (TPSA) is 231 Å². The number of amides is 2. The summed E-state index contributed by atoms with van der Waals surface area (Å²) in [5.74, 6) is -3.45. The highest BCUT2D eigenvalue weighted by Crippen LogP contribution is 2.10. The molecule has 0 unspecified atom stereocenters. The van der Waals surface area contributed by atoms with Gasteiger partial charge in [-0.15, -0.1) is 0 Å². The van der Waals surface area contributed by atoms with Crippen LogP contribution < -0.4 is 10.6 Å². The zero-order valence-electron chi connectivity index (χ0n) is 21.7. The summed E-state index contributed by atoms with van der Waals surface area (Å²) >= 11 is 0. The van der Waals surface area contributed by atoms with Gasteiger partial charge in [-0.3, -0.25) is 9.59 Å². The van der Waals surface area contributed by atoms with Gasteiger partial charge in [-0.05, 0) is 32.9 Å². The molecule has 0 atom stereocenters. The second-order valence-electron chi connectivity index (χ2n) is 7.21. The van der Waals surface area contributed by atoms with E-state index in [1.165, 1.54) is 20.8 Å². The molecule has 0 spiro atoms. The summed E-state index contributed by atoms with van der Waals surface area (Å²) in [5, 5.41) is 53.8. The fourth-order valence-corrected chi connectivity index (χ4v) is 0.513. The van der Waals surface area contributed by atoms with Crippen molar-refractivity contribution < 1.29 is 54.6 Å². The van der Waals surface area contributed by atoms with Crippen molar-refractivity contribution in [2.45, 2.75) is 27.7 Å². The largest absolute Gasteiger partial charge is 0.478 e. The molecule has 0 saturated carbocycles. The van der Waals surface area contributed by atoms with Crippen molar-refractivity contribution in [3.8, 4) is 0 Å². The molecule has 13 nitrogen and oxygen atoms in total. The van der Waals surface area contributed by atoms with Gasteiger partial charge in [-0.2, -0.15) is 0 Å². The first-order valence-electron chi connectivity index (χ1n) is 10.1. The van der Waals surface area contributed by atoms with E-state index in [0.29, 0.717) is 0 Å². The lowest BCUT2D eigenvalue weighted by molar-refractivity contribution is -0.133. The van der Waals surface area contributed by atoms with Crippen molar-refractivity contribution in [2.75, 3.05) is 26.5 Å². The highest BCUT2D eigenvalue weighted by molar-refractivity contribution is 5.89. The maximum Gasteiger partial charge on any atom is 0.330 e. The maximum absolute atomic E-state index is 10.5. The monoisotopic (exact) mass is 532 g/mol. The molecule has 13 heteroatoms. The van der Waals surface area contributed by atoms with E-state index in [0.717, 1.165) is 12.2 Å². The minimum atomic E-state index is -0.935. The Labute approximate surface area is 216 Å². The molecule has 0 radical (unpaired) electrons. The van der Waals surface area contributed by atoms with Gasteiger partial charge < -0.3 is 41.3 Å². The molecule has 0 aromatic heterocycles. The highest BCUT2D eigenvalue weighted by Gasteiger charge is 2.20. The Morgan fingerprint density at radius 2 is 0.838 bits per heavy atom. The third-order valence-electron chi connectivity index (χ3n) is 3.14. The van der Waals surface area contributed by atoms with Gasteiger partial charge in [-0.1, -0.05) is 39.8 Å². The Balaban J connectivity index is -0.000000118. The lowest BCUT2D eigenvalue weighted by Gasteiger charge is -2.20. The number of aliphatic hydroxyl groups excluding tert-OH is 3. The number of carbonyl (C=O) groups excluding carboxylic acids is 2. The van der Waals surface area contributed by atoms with Crippen LogP contribution in [-0.4, -0.2) is 86.9 Å². The summed E-state index contributed by atoms with van der Waals surface area (Å²) < 4.78 is 0. The first-order valence-corrected chi connectivity index (χ1v) is 10.1. The minimum Gasteiger partial charge on any atom is -0.478 e. The molecule has 212 valence electrons. The zero-order valence-corrected chi connectivity index (χ0v) is 21.7. The summed E-state index contributed by atoms with van der Waals surface area (Å²) in [6, 6.07) is 0. The van der Waals surface area contributed by atoms with Crippen LogP contribution in [0, 0.1) is 5.41 Å². The molecule has 8 N–H and O–H groups in total. The number of carbonyl (C=O) groups is 5. The summed E-state index contributed by atoms with van der Waals surface area (Å²) in [5.41, 5.74) is -0.181. The van der Waals surface area contributed by atoms with Gasteiger partial charge in [0.15, 0.2) is 0 Å². The Hall–Kier alpha value is -4.07. The van der Waals surface area contributed by atoms with Crippen LogP contribution in [0.15, 0.2) is 61.8 Å². The second-order valence-corrected chi connectivity index (χ2v) is 7.21. The molecule has 0 heterocycles. The smallest absolute Gasteiger partial charge is 0.330 e. The average molecular weight is 533 g/mol. The quantitative estimate of drug-likeness (QED) is 0.142. The van der Waals surface area contributed by atoms with E-state index in [-0.39, 0.29) is 55.0 Å². The molecule has 0 aromatic rings. The van der Waals surface area contributed by atoms with E-state index in [1.807, 2.05) is 0 Å². The van der Waals surface area contributed by atoms with Crippen molar-refractivity contribution in [3.63, 3.8) is 0 Å². The predicted octanol–water partition coefficient (Wildman–Crippen LogP) is 0.459. The zero-order chi connectivity index (χ0) is 30.8. The molecule has 0 aliphatic carbocycles. The molecule has 0 bridgehead atoms. The molecule has 0 fully saturated rings. The number of rotatable bonds is 10. The normalized spacial score (nSPS) is 8.62. The van der Waals surface area contributed by atoms with Gasteiger partial charge >= 0.3 is 17.9 Å². The highest BCUT2D eigenvalue weighted by atomic mass is 16.4. The fraction of sp³-hybridized carbons (Fsp3) is 0.375. The van der Waals surface area contributed by atoms with Gasteiger partial charge in [0.2, 0.25) is 11.8 Å². The van der Waals surface area contributed by atoms with Crippen LogP contribution in [0.25, 0.3) is 0 Å². The molecule has 0 aromatic carbocycles. The first-order chi connectivity index (χ1) is 16.8. The molecular weight excluding hydrogens is 492 g/mol. The fourth-order valence-electron chi connectivity index (χ4n) is 0.513. The summed E-state index contributed by atoms with van der Waals surface area (Å²) in [6.07, 6.45) is 2.25. The minimum absolute atomic E-state index is 0.0930. The third kappa shape index (κ3) is 39.4. The Morgan fingerprint density at radius 1 is 0.649 bits per heavy atom. The van der Waals surface area contributed by atoms with E-state index in [4.69, 9.17) is 30.6 Å². The van der Waals surface area contributed by atoms with Gasteiger partial charge in [0, 0.05) is 22.1 Å². The number of hydrogen-bond donors (Lipinski definition) is 8. The lowest BCUT2D eigenvalue weighted by atomic mass is 9.95. The van der Waals surface area contributed by atoms with Crippen LogP contribution in [0.4, 0.5) is 0 Å². The first kappa shape index (κ1) is 43.0. The van der Waals surface area contributed by atoms with Gasteiger partial charge in [0.1, 0.15) is 0 Å². The average Bonchev–Trinajstić information content (AvgIpc) is 2.84. The van der Waals surface area contributed by atoms with Crippen molar-refractivity contribution in [1.29, 1.82) is 0 Å². The Bertz CT molecular complexity index is 677. The van der Waals surface area contributed by atoms with Crippen molar-refractivity contribution in [3.05, 3.63) is 61.8 Å². The van der Waals surface area contributed by atoms with Gasteiger partial charge in [0.25, 0.3) is 0 Å². The third-order valence-corrected chi connectivity index (χ3v) is 3.14. The van der Waals surface area contributed by atoms with Crippen LogP contribution in [0.2, 0.25) is 0 Å². The molecule has 0 aliphatic rings. The molecule has 37 heavy (non-hydrogen) atoms. The van der Waals surface area contributed by atoms with E-state index in [2.05, 4.69) is 43.5 Å². The number of carboxylic acids is 3. The Kier molecular flexibility index (Phi) is 30.9. The van der Waals surface area contributed by atoms with Crippen LogP contribution in [0.3, 0.4) is 0 Å². The molecular formula is C24H40N2O11. The van der Waals surface area contributed by atoms with E-state index >= 15 is 0 Å². The van der Waals surface area contributed by atoms with Crippen LogP contribution in [0.1, 0.15) is 27.7 Å². The number of carboxylic acid groups (broad SMARTS) is 3. The molecule has 0 saturated heterocycles. The predicted molar refractivity (Wildman–Crippen MR) is 138 cm³/mol. The summed E-state index contributed by atoms with van der Waals surface area (Å²) in [7, 11) is 0. The van der Waals surface area contributed by atoms with E-state index < -0.39 is 23.3 Å². The van der Waals surface area contributed by atoms with Crippen molar-refractivity contribution >= 4 is 29.7 Å². The van der Waals surface area contributed by atoms with Crippen LogP contribution >= 0.6 is 0 Å². The maximum atomic E-state index is 10.5.